The van der Waals surface area contributed by atoms with Crippen LogP contribution in [0.25, 0.3) is 0 Å². The van der Waals surface area contributed by atoms with Crippen LogP contribution in [0.5, 0.6) is 0 Å². The summed E-state index contributed by atoms with van der Waals surface area (Å²) in [6.45, 7) is 4.44. The predicted octanol–water partition coefficient (Wildman–Crippen LogP) is 1.81. The van der Waals surface area contributed by atoms with Gasteiger partial charge < -0.3 is 10.2 Å². The van der Waals surface area contributed by atoms with Crippen molar-refractivity contribution in [2.45, 2.75) is 37.8 Å². The molecule has 1 aromatic rings. The van der Waals surface area contributed by atoms with E-state index in [0.717, 1.165) is 31.3 Å². The van der Waals surface area contributed by atoms with Gasteiger partial charge in [0.25, 0.3) is 0 Å². The highest BCUT2D eigenvalue weighted by Crippen LogP contribution is 2.26. The van der Waals surface area contributed by atoms with Crippen molar-refractivity contribution in [3.05, 3.63) is 35.4 Å². The number of thiocarbonyl (C=S) groups is 1. The summed E-state index contributed by atoms with van der Waals surface area (Å²) in [7, 11) is 0. The maximum absolute atomic E-state index is 5.52. The summed E-state index contributed by atoms with van der Waals surface area (Å²) in [5.41, 5.74) is 3.10. The molecule has 21 heavy (non-hydrogen) atoms. The summed E-state index contributed by atoms with van der Waals surface area (Å²) in [6.07, 6.45) is 5.03. The molecular formula is C17H23N3S. The van der Waals surface area contributed by atoms with Crippen molar-refractivity contribution in [2.75, 3.05) is 26.2 Å². The summed E-state index contributed by atoms with van der Waals surface area (Å²) in [4.78, 5) is 5.02. The fourth-order valence-corrected chi connectivity index (χ4v) is 3.93. The molecule has 112 valence electrons. The Bertz CT molecular complexity index is 508. The van der Waals surface area contributed by atoms with Crippen molar-refractivity contribution in [1.29, 1.82) is 0 Å². The standard InChI is InChI=1S/C17H23N3S/c21-17(18-15-5-6-15)20-9-7-19(8-10-20)16-11-13-3-1-2-4-14(13)12-16/h1-4,15-16H,5-12H2,(H,18,21). The topological polar surface area (TPSA) is 18.5 Å². The lowest BCUT2D eigenvalue weighted by Crippen LogP contribution is -2.54. The zero-order chi connectivity index (χ0) is 14.2. The van der Waals surface area contributed by atoms with E-state index in [4.69, 9.17) is 12.2 Å². The summed E-state index contributed by atoms with van der Waals surface area (Å²) in [5.74, 6) is 0. The molecule has 4 heteroatoms. The lowest BCUT2D eigenvalue weighted by Gasteiger charge is -2.39. The maximum Gasteiger partial charge on any atom is 0.169 e. The molecule has 0 spiro atoms. The first-order valence-electron chi connectivity index (χ1n) is 8.16. The van der Waals surface area contributed by atoms with E-state index in [-0.39, 0.29) is 0 Å². The first-order valence-corrected chi connectivity index (χ1v) is 8.57. The molecule has 0 amide bonds. The molecule has 0 radical (unpaired) electrons. The normalized spacial score (nSPS) is 23.1. The van der Waals surface area contributed by atoms with Crippen molar-refractivity contribution in [3.63, 3.8) is 0 Å². The molecule has 1 N–H and O–H groups in total. The molecule has 1 aliphatic heterocycles. The Morgan fingerprint density at radius 1 is 1.00 bits per heavy atom. The van der Waals surface area contributed by atoms with Gasteiger partial charge in [0.2, 0.25) is 0 Å². The van der Waals surface area contributed by atoms with Crippen LogP contribution in [0.1, 0.15) is 24.0 Å². The third-order valence-electron chi connectivity index (χ3n) is 5.05. The quantitative estimate of drug-likeness (QED) is 0.840. The van der Waals surface area contributed by atoms with Crippen LogP contribution in [0.2, 0.25) is 0 Å². The molecule has 0 atom stereocenters. The molecule has 0 unspecified atom stereocenters. The molecule has 0 bridgehead atoms. The van der Waals surface area contributed by atoms with E-state index in [1.807, 2.05) is 0 Å². The van der Waals surface area contributed by atoms with Gasteiger partial charge >= 0.3 is 0 Å². The van der Waals surface area contributed by atoms with Crippen LogP contribution in [-0.4, -0.2) is 53.2 Å². The highest BCUT2D eigenvalue weighted by atomic mass is 32.1. The second kappa shape index (κ2) is 5.58. The van der Waals surface area contributed by atoms with Gasteiger partial charge in [0.1, 0.15) is 0 Å². The molecule has 3 nitrogen and oxygen atoms in total. The minimum absolute atomic E-state index is 0.667. The van der Waals surface area contributed by atoms with Crippen molar-refractivity contribution < 1.29 is 0 Å². The van der Waals surface area contributed by atoms with Crippen LogP contribution >= 0.6 is 12.2 Å². The Morgan fingerprint density at radius 2 is 1.62 bits per heavy atom. The van der Waals surface area contributed by atoms with E-state index < -0.39 is 0 Å². The summed E-state index contributed by atoms with van der Waals surface area (Å²) >= 11 is 5.52. The van der Waals surface area contributed by atoms with Gasteiger partial charge in [0, 0.05) is 38.3 Å². The minimum atomic E-state index is 0.667. The molecular weight excluding hydrogens is 278 g/mol. The molecule has 2 fully saturated rings. The van der Waals surface area contributed by atoms with Crippen LogP contribution in [0.4, 0.5) is 0 Å². The Balaban J connectivity index is 1.31. The summed E-state index contributed by atoms with van der Waals surface area (Å²) in [5, 5.41) is 4.44. The molecule has 4 rings (SSSR count). The molecule has 3 aliphatic rings. The SMILES string of the molecule is S=C(NC1CC1)N1CCN(C2Cc3ccccc3C2)CC1. The van der Waals surface area contributed by atoms with Gasteiger partial charge in [0.15, 0.2) is 5.11 Å². The van der Waals surface area contributed by atoms with E-state index in [2.05, 4.69) is 39.4 Å². The second-order valence-corrected chi connectivity index (χ2v) is 6.96. The first-order chi connectivity index (χ1) is 10.3. The van der Waals surface area contributed by atoms with Crippen LogP contribution in [-0.2, 0) is 12.8 Å². The lowest BCUT2D eigenvalue weighted by molar-refractivity contribution is 0.135. The van der Waals surface area contributed by atoms with Crippen LogP contribution in [0.3, 0.4) is 0 Å². The van der Waals surface area contributed by atoms with Crippen molar-refractivity contribution in [1.82, 2.24) is 15.1 Å². The number of piperazine rings is 1. The van der Waals surface area contributed by atoms with Gasteiger partial charge in [-0.3, -0.25) is 4.90 Å². The zero-order valence-electron chi connectivity index (χ0n) is 12.4. The molecule has 1 heterocycles. The fraction of sp³-hybridized carbons (Fsp3) is 0.588. The Hall–Kier alpha value is -1.13. The van der Waals surface area contributed by atoms with Gasteiger partial charge in [-0.05, 0) is 49.0 Å². The number of hydrogen-bond donors (Lipinski definition) is 1. The Morgan fingerprint density at radius 3 is 2.19 bits per heavy atom. The van der Waals surface area contributed by atoms with E-state index in [1.54, 1.807) is 11.1 Å². The largest absolute Gasteiger partial charge is 0.360 e. The number of rotatable bonds is 2. The van der Waals surface area contributed by atoms with Crippen molar-refractivity contribution in [3.8, 4) is 0 Å². The van der Waals surface area contributed by atoms with E-state index >= 15 is 0 Å². The number of nitrogens with zero attached hydrogens (tertiary/aromatic N) is 2. The fourth-order valence-electron chi connectivity index (χ4n) is 3.58. The number of nitrogens with one attached hydrogen (secondary N) is 1. The zero-order valence-corrected chi connectivity index (χ0v) is 13.2. The maximum atomic E-state index is 5.52. The first kappa shape index (κ1) is 13.5. The minimum Gasteiger partial charge on any atom is -0.360 e. The van der Waals surface area contributed by atoms with Crippen molar-refractivity contribution in [2.24, 2.45) is 0 Å². The molecule has 1 saturated heterocycles. The van der Waals surface area contributed by atoms with Crippen LogP contribution < -0.4 is 5.32 Å². The molecule has 0 aromatic heterocycles. The summed E-state index contributed by atoms with van der Waals surface area (Å²) < 4.78 is 0. The van der Waals surface area contributed by atoms with Crippen LogP contribution in [0, 0.1) is 0 Å². The Labute approximate surface area is 132 Å². The van der Waals surface area contributed by atoms with E-state index in [0.29, 0.717) is 12.1 Å². The second-order valence-electron chi connectivity index (χ2n) is 6.58. The number of benzene rings is 1. The third kappa shape index (κ3) is 2.92. The van der Waals surface area contributed by atoms with Gasteiger partial charge in [-0.2, -0.15) is 0 Å². The van der Waals surface area contributed by atoms with Gasteiger partial charge in [-0.1, -0.05) is 24.3 Å². The molecule has 1 aromatic carbocycles. The monoisotopic (exact) mass is 301 g/mol. The van der Waals surface area contributed by atoms with Crippen molar-refractivity contribution >= 4 is 17.3 Å². The number of hydrogen-bond acceptors (Lipinski definition) is 2. The van der Waals surface area contributed by atoms with Gasteiger partial charge in [-0.15, -0.1) is 0 Å². The van der Waals surface area contributed by atoms with Gasteiger partial charge in [0.05, 0.1) is 0 Å². The smallest absolute Gasteiger partial charge is 0.169 e. The van der Waals surface area contributed by atoms with Crippen LogP contribution in [0.15, 0.2) is 24.3 Å². The highest BCUT2D eigenvalue weighted by Gasteiger charge is 2.30. The molecule has 1 saturated carbocycles. The van der Waals surface area contributed by atoms with E-state index in [1.165, 1.54) is 25.7 Å². The Kier molecular flexibility index (Phi) is 3.59. The molecule has 2 aliphatic carbocycles. The highest BCUT2D eigenvalue weighted by molar-refractivity contribution is 7.80. The third-order valence-corrected chi connectivity index (χ3v) is 5.43. The average Bonchev–Trinajstić information content (AvgIpc) is 3.22. The summed E-state index contributed by atoms with van der Waals surface area (Å²) in [6, 6.07) is 10.3. The number of fused-ring (bicyclic) bond motifs is 1. The van der Waals surface area contributed by atoms with Gasteiger partial charge in [-0.25, -0.2) is 0 Å². The predicted molar refractivity (Wildman–Crippen MR) is 89.5 cm³/mol. The van der Waals surface area contributed by atoms with E-state index in [9.17, 15) is 0 Å². The average molecular weight is 301 g/mol. The lowest BCUT2D eigenvalue weighted by atomic mass is 10.1.